The molecule has 0 N–H and O–H groups in total. The highest BCUT2D eigenvalue weighted by Crippen LogP contribution is 2.56. The molecule has 2 aliphatic rings. The lowest BCUT2D eigenvalue weighted by Gasteiger charge is -2.26. The molecule has 2 aliphatic carbocycles. The molecule has 86 valence electrons. The van der Waals surface area contributed by atoms with Crippen molar-refractivity contribution < 1.29 is 26.3 Å². The molecule has 15 heavy (non-hydrogen) atoms. The molecule has 0 heterocycles. The lowest BCUT2D eigenvalue weighted by Crippen LogP contribution is -2.32. The van der Waals surface area contributed by atoms with Gasteiger partial charge in [0.25, 0.3) is 0 Å². The number of fused-ring (bicyclic) bond motifs is 2. The third kappa shape index (κ3) is 1.74. The van der Waals surface area contributed by atoms with E-state index in [2.05, 4.69) is 0 Å². The molecule has 0 radical (unpaired) electrons. The van der Waals surface area contributed by atoms with E-state index in [1.54, 1.807) is 0 Å². The highest BCUT2D eigenvalue weighted by Gasteiger charge is 2.58. The van der Waals surface area contributed by atoms with Crippen molar-refractivity contribution in [2.45, 2.75) is 25.2 Å². The lowest BCUT2D eigenvalue weighted by atomic mass is 9.86. The maximum atomic E-state index is 12.4. The topological polar surface area (TPSA) is 0 Å². The minimum absolute atomic E-state index is 0.000972. The van der Waals surface area contributed by atoms with E-state index in [-0.39, 0.29) is 12.8 Å². The van der Waals surface area contributed by atoms with Gasteiger partial charge in [0.05, 0.1) is 5.92 Å². The average Bonchev–Trinajstić information content (AvgIpc) is 2.57. The minimum atomic E-state index is -4.61. The molecule has 0 amide bonds. The summed E-state index contributed by atoms with van der Waals surface area (Å²) >= 11 is 0. The number of rotatable bonds is 0. The highest BCUT2D eigenvalue weighted by atomic mass is 19.4. The second kappa shape index (κ2) is 2.92. The van der Waals surface area contributed by atoms with Gasteiger partial charge in [-0.15, -0.1) is 0 Å². The molecule has 0 nitrogen and oxygen atoms in total. The van der Waals surface area contributed by atoms with E-state index in [4.69, 9.17) is 0 Å². The van der Waals surface area contributed by atoms with E-state index in [0.717, 1.165) is 6.08 Å². The van der Waals surface area contributed by atoms with Crippen LogP contribution in [-0.4, -0.2) is 12.4 Å². The van der Waals surface area contributed by atoms with Crippen molar-refractivity contribution in [2.24, 2.45) is 17.8 Å². The molecule has 0 saturated heterocycles. The number of hydrogen-bond donors (Lipinski definition) is 0. The van der Waals surface area contributed by atoms with Gasteiger partial charge in [-0.2, -0.15) is 26.3 Å². The van der Waals surface area contributed by atoms with E-state index >= 15 is 0 Å². The molecule has 3 atom stereocenters. The van der Waals surface area contributed by atoms with Crippen LogP contribution in [0.3, 0.4) is 0 Å². The fourth-order valence-corrected chi connectivity index (χ4v) is 2.60. The first kappa shape index (κ1) is 10.8. The maximum Gasteiger partial charge on any atom is 0.412 e. The van der Waals surface area contributed by atoms with Crippen LogP contribution in [0.2, 0.25) is 0 Å². The van der Waals surface area contributed by atoms with Gasteiger partial charge in [0.2, 0.25) is 0 Å². The Bertz CT molecular complexity index is 297. The van der Waals surface area contributed by atoms with Gasteiger partial charge < -0.3 is 0 Å². The van der Waals surface area contributed by atoms with Crippen LogP contribution in [0.5, 0.6) is 0 Å². The Hall–Kier alpha value is -0.680. The quantitative estimate of drug-likeness (QED) is 0.439. The van der Waals surface area contributed by atoms with Gasteiger partial charge >= 0.3 is 12.4 Å². The Morgan fingerprint density at radius 2 is 1.60 bits per heavy atom. The minimum Gasteiger partial charge on any atom is -0.171 e. The van der Waals surface area contributed by atoms with Crippen LogP contribution < -0.4 is 0 Å². The maximum absolute atomic E-state index is 12.4. The zero-order valence-corrected chi connectivity index (χ0v) is 7.49. The fourth-order valence-electron chi connectivity index (χ4n) is 2.60. The monoisotopic (exact) mass is 230 g/mol. The predicted octanol–water partition coefficient (Wildman–Crippen LogP) is 3.69. The molecule has 3 unspecified atom stereocenters. The summed E-state index contributed by atoms with van der Waals surface area (Å²) < 4.78 is 74.2. The standard InChI is InChI=1S/C9H8F6/c10-8(11,12)6-2-4-1-5(6)7(3-4)9(13,14)15/h2,4-5,7H,1,3H2. The van der Waals surface area contributed by atoms with Crippen molar-refractivity contribution in [3.05, 3.63) is 11.6 Å². The second-order valence-corrected chi connectivity index (χ2v) is 4.11. The molecule has 2 bridgehead atoms. The SMILES string of the molecule is FC(F)(F)C1=CC2CC1C(C(F)(F)F)C2. The van der Waals surface area contributed by atoms with E-state index in [1.807, 2.05) is 0 Å². The summed E-state index contributed by atoms with van der Waals surface area (Å²) in [5.41, 5.74) is -0.971. The van der Waals surface area contributed by atoms with E-state index in [1.165, 1.54) is 0 Å². The molecular weight excluding hydrogens is 222 g/mol. The average molecular weight is 230 g/mol. The summed E-state index contributed by atoms with van der Waals surface area (Å²) in [7, 11) is 0. The van der Waals surface area contributed by atoms with Crippen molar-refractivity contribution in [2.75, 3.05) is 0 Å². The molecular formula is C9H8F6. The number of halogens is 6. The van der Waals surface area contributed by atoms with Crippen molar-refractivity contribution in [1.29, 1.82) is 0 Å². The normalized spacial score (nSPS) is 35.9. The van der Waals surface area contributed by atoms with Gasteiger partial charge in [0.1, 0.15) is 0 Å². The first-order valence-corrected chi connectivity index (χ1v) is 4.55. The number of hydrogen-bond acceptors (Lipinski definition) is 0. The zero-order chi connectivity index (χ0) is 11.4. The summed E-state index contributed by atoms with van der Waals surface area (Å²) in [5.74, 6) is -3.71. The predicted molar refractivity (Wildman–Crippen MR) is 39.9 cm³/mol. The third-order valence-corrected chi connectivity index (χ3v) is 3.16. The molecule has 1 saturated carbocycles. The van der Waals surface area contributed by atoms with Gasteiger partial charge in [0, 0.05) is 11.5 Å². The first-order chi connectivity index (χ1) is 6.69. The molecule has 6 heteroatoms. The van der Waals surface area contributed by atoms with Gasteiger partial charge in [0.15, 0.2) is 0 Å². The molecule has 0 spiro atoms. The third-order valence-electron chi connectivity index (χ3n) is 3.16. The van der Waals surface area contributed by atoms with Crippen molar-refractivity contribution in [3.8, 4) is 0 Å². The van der Waals surface area contributed by atoms with Crippen LogP contribution in [-0.2, 0) is 0 Å². The van der Waals surface area contributed by atoms with Crippen molar-refractivity contribution in [3.63, 3.8) is 0 Å². The fraction of sp³-hybridized carbons (Fsp3) is 0.778. The van der Waals surface area contributed by atoms with Crippen LogP contribution in [0.4, 0.5) is 26.3 Å². The molecule has 1 fully saturated rings. The van der Waals surface area contributed by atoms with E-state index in [9.17, 15) is 26.3 Å². The van der Waals surface area contributed by atoms with Crippen LogP contribution in [0.1, 0.15) is 12.8 Å². The van der Waals surface area contributed by atoms with Crippen LogP contribution in [0, 0.1) is 17.8 Å². The van der Waals surface area contributed by atoms with Gasteiger partial charge in [-0.25, -0.2) is 0 Å². The molecule has 0 aromatic rings. The zero-order valence-electron chi connectivity index (χ0n) is 7.49. The summed E-state index contributed by atoms with van der Waals surface area (Å²) in [6.07, 6.45) is -8.34. The van der Waals surface area contributed by atoms with Gasteiger partial charge in [-0.3, -0.25) is 0 Å². The summed E-state index contributed by atoms with van der Waals surface area (Å²) in [6, 6.07) is 0. The molecule has 0 aromatic heterocycles. The lowest BCUT2D eigenvalue weighted by molar-refractivity contribution is -0.187. The Balaban J connectivity index is 2.25. The van der Waals surface area contributed by atoms with Crippen LogP contribution in [0.15, 0.2) is 11.6 Å². The van der Waals surface area contributed by atoms with E-state index in [0.29, 0.717) is 0 Å². The molecule has 2 rings (SSSR count). The molecule has 0 aliphatic heterocycles. The smallest absolute Gasteiger partial charge is 0.171 e. The van der Waals surface area contributed by atoms with E-state index < -0.39 is 35.7 Å². The van der Waals surface area contributed by atoms with Crippen LogP contribution >= 0.6 is 0 Å². The summed E-state index contributed by atoms with van der Waals surface area (Å²) in [6.45, 7) is 0. The first-order valence-electron chi connectivity index (χ1n) is 4.55. The van der Waals surface area contributed by atoms with Crippen molar-refractivity contribution in [1.82, 2.24) is 0 Å². The molecule has 0 aromatic carbocycles. The Morgan fingerprint density at radius 1 is 1.00 bits per heavy atom. The Labute approximate surface area is 82.0 Å². The second-order valence-electron chi connectivity index (χ2n) is 4.11. The van der Waals surface area contributed by atoms with Crippen molar-refractivity contribution >= 4 is 0 Å². The van der Waals surface area contributed by atoms with Gasteiger partial charge in [-0.05, 0) is 18.8 Å². The summed E-state index contributed by atoms with van der Waals surface area (Å²) in [5, 5.41) is 0. The Kier molecular flexibility index (Phi) is 2.11. The number of alkyl halides is 6. The summed E-state index contributed by atoms with van der Waals surface area (Å²) in [4.78, 5) is 0. The largest absolute Gasteiger partial charge is 0.412 e. The Morgan fingerprint density at radius 3 is 2.00 bits per heavy atom. The number of allylic oxidation sites excluding steroid dienone is 2. The highest BCUT2D eigenvalue weighted by molar-refractivity contribution is 5.26. The van der Waals surface area contributed by atoms with Gasteiger partial charge in [-0.1, -0.05) is 6.08 Å². The van der Waals surface area contributed by atoms with Crippen LogP contribution in [0.25, 0.3) is 0 Å².